The number of nitrogens with zero attached hydrogens (tertiary/aromatic N) is 1. The zero-order valence-electron chi connectivity index (χ0n) is 9.39. The summed E-state index contributed by atoms with van der Waals surface area (Å²) in [6.07, 6.45) is 6.96. The maximum Gasteiger partial charge on any atom is 0.0736 e. The highest BCUT2D eigenvalue weighted by atomic mass is 16.3. The van der Waals surface area contributed by atoms with E-state index in [1.54, 1.807) is 12.4 Å². The molecule has 4 nitrogen and oxygen atoms in total. The molecule has 1 aromatic heterocycles. The summed E-state index contributed by atoms with van der Waals surface area (Å²) in [6.45, 7) is 1.19. The fourth-order valence-electron chi connectivity index (χ4n) is 2.43. The van der Waals surface area contributed by atoms with E-state index in [0.29, 0.717) is 24.1 Å². The van der Waals surface area contributed by atoms with E-state index in [2.05, 4.69) is 10.3 Å². The molecule has 16 heavy (non-hydrogen) atoms. The first-order valence-electron chi connectivity index (χ1n) is 5.85. The molecular weight excluding hydrogens is 202 g/mol. The Morgan fingerprint density at radius 3 is 3.00 bits per heavy atom. The molecule has 0 radical (unpaired) electrons. The van der Waals surface area contributed by atoms with Crippen molar-refractivity contribution in [1.82, 2.24) is 4.98 Å². The highest BCUT2D eigenvalue weighted by molar-refractivity contribution is 5.64. The number of pyridine rings is 1. The summed E-state index contributed by atoms with van der Waals surface area (Å²) in [5, 5.41) is 12.6. The Morgan fingerprint density at radius 2 is 2.25 bits per heavy atom. The van der Waals surface area contributed by atoms with E-state index in [9.17, 15) is 5.11 Å². The van der Waals surface area contributed by atoms with Crippen LogP contribution in [0.4, 0.5) is 11.4 Å². The van der Waals surface area contributed by atoms with Crippen LogP contribution >= 0.6 is 0 Å². The molecule has 1 fully saturated rings. The van der Waals surface area contributed by atoms with Crippen LogP contribution in [0, 0.1) is 11.8 Å². The van der Waals surface area contributed by atoms with E-state index >= 15 is 0 Å². The van der Waals surface area contributed by atoms with Crippen molar-refractivity contribution in [3.05, 3.63) is 18.5 Å². The van der Waals surface area contributed by atoms with Crippen LogP contribution in [0.1, 0.15) is 19.3 Å². The highest BCUT2D eigenvalue weighted by Gasteiger charge is 2.26. The lowest BCUT2D eigenvalue weighted by Crippen LogP contribution is -2.21. The number of nitrogen functional groups attached to an aromatic ring is 1. The van der Waals surface area contributed by atoms with E-state index < -0.39 is 0 Å². The van der Waals surface area contributed by atoms with Gasteiger partial charge in [0, 0.05) is 19.3 Å². The number of aliphatic hydroxyl groups excluding tert-OH is 1. The van der Waals surface area contributed by atoms with Crippen molar-refractivity contribution in [1.29, 1.82) is 0 Å². The lowest BCUT2D eigenvalue weighted by molar-refractivity contribution is 0.199. The molecule has 2 rings (SSSR count). The zero-order chi connectivity index (χ0) is 11.4. The van der Waals surface area contributed by atoms with E-state index in [0.717, 1.165) is 18.7 Å². The molecule has 2 unspecified atom stereocenters. The quantitative estimate of drug-likeness (QED) is 0.720. The largest absolute Gasteiger partial charge is 0.396 e. The average Bonchev–Trinajstić information content (AvgIpc) is 2.75. The minimum atomic E-state index is 0.304. The highest BCUT2D eigenvalue weighted by Crippen LogP contribution is 2.31. The molecular formula is C12H19N3O. The lowest BCUT2D eigenvalue weighted by Gasteiger charge is -2.19. The first kappa shape index (κ1) is 11.2. The van der Waals surface area contributed by atoms with E-state index in [4.69, 9.17) is 5.73 Å². The zero-order valence-corrected chi connectivity index (χ0v) is 9.39. The van der Waals surface area contributed by atoms with Crippen LogP contribution in [0.15, 0.2) is 18.5 Å². The minimum Gasteiger partial charge on any atom is -0.396 e. The van der Waals surface area contributed by atoms with Gasteiger partial charge in [-0.1, -0.05) is 6.42 Å². The first-order chi connectivity index (χ1) is 7.81. The molecule has 1 aliphatic rings. The molecule has 0 aromatic carbocycles. The summed E-state index contributed by atoms with van der Waals surface area (Å²) in [4.78, 5) is 3.95. The van der Waals surface area contributed by atoms with Gasteiger partial charge in [0.2, 0.25) is 0 Å². The number of nitrogens with two attached hydrogens (primary N) is 1. The number of nitrogens with one attached hydrogen (secondary N) is 1. The molecule has 2 atom stereocenters. The van der Waals surface area contributed by atoms with Crippen LogP contribution in [0.2, 0.25) is 0 Å². The molecule has 4 N–H and O–H groups in total. The Kier molecular flexibility index (Phi) is 3.62. The summed E-state index contributed by atoms with van der Waals surface area (Å²) in [6, 6.07) is 1.89. The molecule has 1 aromatic rings. The predicted molar refractivity (Wildman–Crippen MR) is 65.1 cm³/mol. The van der Waals surface area contributed by atoms with Crippen LogP contribution in [-0.2, 0) is 0 Å². The summed E-state index contributed by atoms with van der Waals surface area (Å²) < 4.78 is 0. The van der Waals surface area contributed by atoms with Gasteiger partial charge in [-0.15, -0.1) is 0 Å². The summed E-state index contributed by atoms with van der Waals surface area (Å²) in [5.74, 6) is 1.02. The van der Waals surface area contributed by atoms with Crippen molar-refractivity contribution in [3.63, 3.8) is 0 Å². The Balaban J connectivity index is 1.90. The molecule has 0 bridgehead atoms. The van der Waals surface area contributed by atoms with Crippen molar-refractivity contribution < 1.29 is 5.11 Å². The third-order valence-electron chi connectivity index (χ3n) is 3.46. The van der Waals surface area contributed by atoms with Gasteiger partial charge in [0.25, 0.3) is 0 Å². The van der Waals surface area contributed by atoms with Gasteiger partial charge in [0.1, 0.15) is 0 Å². The number of rotatable bonds is 4. The summed E-state index contributed by atoms with van der Waals surface area (Å²) in [5.41, 5.74) is 7.42. The van der Waals surface area contributed by atoms with Gasteiger partial charge in [-0.2, -0.15) is 0 Å². The second-order valence-corrected chi connectivity index (χ2v) is 4.48. The van der Waals surface area contributed by atoms with Crippen molar-refractivity contribution in [3.8, 4) is 0 Å². The second kappa shape index (κ2) is 5.16. The maximum absolute atomic E-state index is 9.23. The van der Waals surface area contributed by atoms with Crippen LogP contribution in [0.25, 0.3) is 0 Å². The number of anilines is 2. The lowest BCUT2D eigenvalue weighted by atomic mass is 9.97. The number of aliphatic hydroxyl groups is 1. The number of aromatic nitrogens is 1. The minimum absolute atomic E-state index is 0.304. The van der Waals surface area contributed by atoms with Crippen LogP contribution in [-0.4, -0.2) is 23.2 Å². The van der Waals surface area contributed by atoms with Crippen LogP contribution < -0.4 is 11.1 Å². The molecule has 0 spiro atoms. The van der Waals surface area contributed by atoms with Gasteiger partial charge in [0.05, 0.1) is 17.6 Å². The van der Waals surface area contributed by atoms with Gasteiger partial charge < -0.3 is 16.2 Å². The molecule has 0 amide bonds. The van der Waals surface area contributed by atoms with Gasteiger partial charge in [0.15, 0.2) is 0 Å². The van der Waals surface area contributed by atoms with Crippen LogP contribution in [0.3, 0.4) is 0 Å². The fourth-order valence-corrected chi connectivity index (χ4v) is 2.43. The van der Waals surface area contributed by atoms with Crippen molar-refractivity contribution in [2.24, 2.45) is 11.8 Å². The van der Waals surface area contributed by atoms with Gasteiger partial charge >= 0.3 is 0 Å². The molecule has 4 heteroatoms. The molecule has 0 saturated heterocycles. The topological polar surface area (TPSA) is 71.2 Å². The van der Waals surface area contributed by atoms with E-state index in [1.165, 1.54) is 12.8 Å². The summed E-state index contributed by atoms with van der Waals surface area (Å²) in [7, 11) is 0. The molecule has 0 aliphatic heterocycles. The van der Waals surface area contributed by atoms with Gasteiger partial charge in [-0.3, -0.25) is 4.98 Å². The van der Waals surface area contributed by atoms with Gasteiger partial charge in [-0.05, 0) is 30.7 Å². The maximum atomic E-state index is 9.23. The Bertz CT molecular complexity index is 343. The second-order valence-electron chi connectivity index (χ2n) is 4.48. The van der Waals surface area contributed by atoms with Crippen molar-refractivity contribution in [2.75, 3.05) is 24.2 Å². The van der Waals surface area contributed by atoms with Gasteiger partial charge in [-0.25, -0.2) is 0 Å². The fraction of sp³-hybridized carbons (Fsp3) is 0.583. The Hall–Kier alpha value is -1.29. The number of hydrogen-bond acceptors (Lipinski definition) is 4. The third-order valence-corrected chi connectivity index (χ3v) is 3.46. The molecule has 1 saturated carbocycles. The normalized spacial score (nSPS) is 24.6. The van der Waals surface area contributed by atoms with E-state index in [-0.39, 0.29) is 0 Å². The predicted octanol–water partition coefficient (Wildman–Crippen LogP) is 1.48. The molecule has 1 heterocycles. The SMILES string of the molecule is Nc1cnccc1NCC1CCCC1CO. The summed E-state index contributed by atoms with van der Waals surface area (Å²) >= 11 is 0. The average molecular weight is 221 g/mol. The first-order valence-corrected chi connectivity index (χ1v) is 5.85. The standard InChI is InChI=1S/C12H19N3O/c13-11-7-14-5-4-12(11)15-6-9-2-1-3-10(9)8-16/h4-5,7,9-10,16H,1-3,6,8,13H2,(H,14,15). The molecule has 1 aliphatic carbocycles. The van der Waals surface area contributed by atoms with Crippen molar-refractivity contribution >= 4 is 11.4 Å². The Labute approximate surface area is 95.9 Å². The molecule has 88 valence electrons. The van der Waals surface area contributed by atoms with E-state index in [1.807, 2.05) is 6.07 Å². The smallest absolute Gasteiger partial charge is 0.0736 e. The third kappa shape index (κ3) is 2.44. The van der Waals surface area contributed by atoms with Crippen LogP contribution in [0.5, 0.6) is 0 Å². The monoisotopic (exact) mass is 221 g/mol. The number of hydrogen-bond donors (Lipinski definition) is 3. The Morgan fingerprint density at radius 1 is 1.44 bits per heavy atom. The van der Waals surface area contributed by atoms with Crippen molar-refractivity contribution in [2.45, 2.75) is 19.3 Å².